The summed E-state index contributed by atoms with van der Waals surface area (Å²) in [5, 5.41) is 18.8. The average Bonchev–Trinajstić information content (AvgIpc) is 3.47. The molecule has 0 aliphatic rings. The lowest BCUT2D eigenvalue weighted by molar-refractivity contribution is -0.129. The third-order valence-electron chi connectivity index (χ3n) is 5.56. The van der Waals surface area contributed by atoms with E-state index < -0.39 is 5.91 Å². The number of hydrogen-bond donors (Lipinski definition) is 4. The summed E-state index contributed by atoms with van der Waals surface area (Å²) in [5.41, 5.74) is 5.43. The fourth-order valence-electron chi connectivity index (χ4n) is 3.74. The van der Waals surface area contributed by atoms with Gasteiger partial charge in [0.2, 0.25) is 11.8 Å². The summed E-state index contributed by atoms with van der Waals surface area (Å²) in [7, 11) is 0. The number of hydroxylamine groups is 1. The number of H-pyrrole nitrogens is 1. The number of hydrogen-bond acceptors (Lipinski definition) is 5. The summed E-state index contributed by atoms with van der Waals surface area (Å²) in [6.45, 7) is 0.367. The first-order valence-corrected chi connectivity index (χ1v) is 11.5. The lowest BCUT2D eigenvalue weighted by Crippen LogP contribution is -2.17. The molecule has 9 nitrogen and oxygen atoms in total. The Balaban J connectivity index is 1.40. The first kappa shape index (κ1) is 24.4. The second-order valence-electron chi connectivity index (χ2n) is 8.12. The number of nitrogens with zero attached hydrogens (tertiary/aromatic N) is 3. The van der Waals surface area contributed by atoms with Crippen molar-refractivity contribution in [3.05, 3.63) is 65.2 Å². The quantitative estimate of drug-likeness (QED) is 0.144. The molecule has 0 aliphatic carbocycles. The van der Waals surface area contributed by atoms with Crippen molar-refractivity contribution in [1.29, 1.82) is 0 Å². The summed E-state index contributed by atoms with van der Waals surface area (Å²) >= 11 is 6.23. The molecule has 0 fully saturated rings. The van der Waals surface area contributed by atoms with E-state index in [1.165, 1.54) is 18.2 Å². The van der Waals surface area contributed by atoms with E-state index in [0.717, 1.165) is 16.6 Å². The second kappa shape index (κ2) is 11.1. The van der Waals surface area contributed by atoms with Crippen molar-refractivity contribution in [3.8, 4) is 11.3 Å². The van der Waals surface area contributed by atoms with E-state index in [1.54, 1.807) is 17.9 Å². The third kappa shape index (κ3) is 6.23. The van der Waals surface area contributed by atoms with Crippen LogP contribution < -0.4 is 10.8 Å². The third-order valence-corrected chi connectivity index (χ3v) is 5.93. The topological polar surface area (TPSA) is 125 Å². The number of anilines is 1. The highest BCUT2D eigenvalue weighted by molar-refractivity contribution is 6.31. The Morgan fingerprint density at radius 1 is 1.06 bits per heavy atom. The van der Waals surface area contributed by atoms with Crippen LogP contribution in [0.2, 0.25) is 5.02 Å². The van der Waals surface area contributed by atoms with Gasteiger partial charge >= 0.3 is 0 Å². The number of rotatable bonds is 10. The molecular weight excluding hydrogens is 475 g/mol. The van der Waals surface area contributed by atoms with Crippen LogP contribution in [0.1, 0.15) is 37.7 Å². The molecule has 0 spiro atoms. The number of fused-ring (bicyclic) bond motifs is 1. The van der Waals surface area contributed by atoms with Crippen molar-refractivity contribution < 1.29 is 19.2 Å². The van der Waals surface area contributed by atoms with Crippen LogP contribution in [0.4, 0.5) is 10.2 Å². The molecule has 35 heavy (non-hydrogen) atoms. The van der Waals surface area contributed by atoms with Gasteiger partial charge in [0.15, 0.2) is 5.82 Å². The lowest BCUT2D eigenvalue weighted by atomic mass is 10.1. The predicted octanol–water partition coefficient (Wildman–Crippen LogP) is 4.66. The maximum Gasteiger partial charge on any atom is 0.243 e. The number of carbonyl (C=O) groups is 2. The van der Waals surface area contributed by atoms with E-state index in [0.29, 0.717) is 54.3 Å². The Morgan fingerprint density at radius 3 is 2.66 bits per heavy atom. The zero-order chi connectivity index (χ0) is 24.8. The molecule has 0 bridgehead atoms. The molecule has 2 amide bonds. The van der Waals surface area contributed by atoms with Crippen LogP contribution in [0, 0.1) is 5.82 Å². The van der Waals surface area contributed by atoms with Gasteiger partial charge < -0.3 is 9.88 Å². The number of carbonyl (C=O) groups excluding carboxylic acids is 2. The normalized spacial score (nSPS) is 11.1. The van der Waals surface area contributed by atoms with Crippen molar-refractivity contribution in [2.45, 2.75) is 38.6 Å². The van der Waals surface area contributed by atoms with Crippen LogP contribution in [0.15, 0.2) is 48.8 Å². The number of unbranched alkanes of at least 4 members (excludes halogenated alkanes) is 2. The molecule has 2 aromatic heterocycles. The van der Waals surface area contributed by atoms with Crippen LogP contribution >= 0.6 is 11.6 Å². The first-order chi connectivity index (χ1) is 16.9. The van der Waals surface area contributed by atoms with E-state index >= 15 is 0 Å². The van der Waals surface area contributed by atoms with Gasteiger partial charge in [0, 0.05) is 29.5 Å². The van der Waals surface area contributed by atoms with E-state index in [-0.39, 0.29) is 18.1 Å². The monoisotopic (exact) mass is 498 g/mol. The maximum atomic E-state index is 13.7. The van der Waals surface area contributed by atoms with Crippen molar-refractivity contribution in [2.24, 2.45) is 0 Å². The van der Waals surface area contributed by atoms with Gasteiger partial charge in [-0.15, -0.1) is 0 Å². The molecule has 2 aromatic carbocycles. The van der Waals surface area contributed by atoms with Crippen LogP contribution in [-0.2, 0) is 16.1 Å². The minimum atomic E-state index is -0.433. The number of aromatic nitrogens is 4. The maximum absolute atomic E-state index is 13.7. The molecule has 11 heteroatoms. The minimum absolute atomic E-state index is 0.171. The standard InChI is InChI=1S/C24H24ClFN6O3/c25-18-8-7-17(26)10-16(18)13-32-14-27-19-9-6-15(11-21(19)32)20-12-22(30-29-20)28-23(33)4-2-1-3-5-24(34)31-35/h6-12,14,35H,1-5,13H2,(H,31,34)(H2,28,29,30,33). The van der Waals surface area contributed by atoms with Crippen molar-refractivity contribution in [1.82, 2.24) is 25.2 Å². The Labute approximate surface area is 205 Å². The number of benzene rings is 2. The fourth-order valence-corrected chi connectivity index (χ4v) is 3.92. The fraction of sp³-hybridized carbons (Fsp3) is 0.250. The van der Waals surface area contributed by atoms with Crippen molar-refractivity contribution >= 4 is 40.3 Å². The van der Waals surface area contributed by atoms with E-state index in [4.69, 9.17) is 16.8 Å². The minimum Gasteiger partial charge on any atom is -0.326 e. The van der Waals surface area contributed by atoms with Gasteiger partial charge in [-0.2, -0.15) is 5.10 Å². The Bertz CT molecular complexity index is 1350. The zero-order valence-electron chi connectivity index (χ0n) is 18.7. The molecule has 2 heterocycles. The van der Waals surface area contributed by atoms with E-state index in [9.17, 15) is 14.0 Å². The van der Waals surface area contributed by atoms with Gasteiger partial charge in [-0.05, 0) is 48.7 Å². The highest BCUT2D eigenvalue weighted by Gasteiger charge is 2.11. The number of imidazole rings is 1. The zero-order valence-corrected chi connectivity index (χ0v) is 19.5. The van der Waals surface area contributed by atoms with Crippen LogP contribution in [0.5, 0.6) is 0 Å². The smallest absolute Gasteiger partial charge is 0.243 e. The van der Waals surface area contributed by atoms with Gasteiger partial charge in [-0.3, -0.25) is 19.9 Å². The molecule has 0 aliphatic heterocycles. The van der Waals surface area contributed by atoms with Gasteiger partial charge in [0.1, 0.15) is 5.82 Å². The molecule has 0 saturated heterocycles. The summed E-state index contributed by atoms with van der Waals surface area (Å²) in [6.07, 6.45) is 4.12. The van der Waals surface area contributed by atoms with Crippen LogP contribution in [0.25, 0.3) is 22.3 Å². The van der Waals surface area contributed by atoms with Crippen LogP contribution in [0.3, 0.4) is 0 Å². The number of nitrogens with one attached hydrogen (secondary N) is 3. The number of aromatic amines is 1. The molecular formula is C24H24ClFN6O3. The average molecular weight is 499 g/mol. The van der Waals surface area contributed by atoms with E-state index in [2.05, 4.69) is 20.5 Å². The lowest BCUT2D eigenvalue weighted by Gasteiger charge is -2.08. The van der Waals surface area contributed by atoms with Gasteiger partial charge in [-0.1, -0.05) is 24.1 Å². The first-order valence-electron chi connectivity index (χ1n) is 11.1. The summed E-state index contributed by atoms with van der Waals surface area (Å²) in [5.74, 6) is -0.548. The molecule has 0 unspecified atom stereocenters. The molecule has 0 saturated carbocycles. The molecule has 4 aromatic rings. The molecule has 4 N–H and O–H groups in total. The summed E-state index contributed by atoms with van der Waals surface area (Å²) in [6, 6.07) is 11.7. The molecule has 182 valence electrons. The van der Waals surface area contributed by atoms with Crippen molar-refractivity contribution in [3.63, 3.8) is 0 Å². The summed E-state index contributed by atoms with van der Waals surface area (Å²) in [4.78, 5) is 27.6. The highest BCUT2D eigenvalue weighted by Crippen LogP contribution is 2.26. The number of amides is 2. The molecule has 0 radical (unpaired) electrons. The van der Waals surface area contributed by atoms with Crippen LogP contribution in [-0.4, -0.2) is 36.8 Å². The predicted molar refractivity (Wildman–Crippen MR) is 129 cm³/mol. The Morgan fingerprint density at radius 2 is 1.86 bits per heavy atom. The Kier molecular flexibility index (Phi) is 7.74. The Hall–Kier alpha value is -3.76. The van der Waals surface area contributed by atoms with E-state index in [1.807, 2.05) is 22.8 Å². The second-order valence-corrected chi connectivity index (χ2v) is 8.53. The highest BCUT2D eigenvalue weighted by atomic mass is 35.5. The molecule has 0 atom stereocenters. The summed E-state index contributed by atoms with van der Waals surface area (Å²) < 4.78 is 15.6. The largest absolute Gasteiger partial charge is 0.326 e. The van der Waals surface area contributed by atoms with Crippen molar-refractivity contribution in [2.75, 3.05) is 5.32 Å². The number of halogens is 2. The SMILES string of the molecule is O=C(CCCCCC(=O)Nc1cc(-c2ccc3ncn(Cc4cc(F)ccc4Cl)c3c2)[nH]n1)NO. The van der Waals surface area contributed by atoms with Gasteiger partial charge in [0.05, 0.1) is 29.6 Å². The van der Waals surface area contributed by atoms with Gasteiger partial charge in [-0.25, -0.2) is 14.9 Å². The molecule has 4 rings (SSSR count). The van der Waals surface area contributed by atoms with Gasteiger partial charge in [0.25, 0.3) is 0 Å².